The van der Waals surface area contributed by atoms with Gasteiger partial charge in [0.15, 0.2) is 0 Å². The third-order valence-electron chi connectivity index (χ3n) is 4.84. The second-order valence-electron chi connectivity index (χ2n) is 6.90. The molecule has 0 saturated carbocycles. The number of pyridine rings is 1. The molecule has 3 aromatic rings. The molecule has 27 heavy (non-hydrogen) atoms. The quantitative estimate of drug-likeness (QED) is 0.696. The Hall–Kier alpha value is -3.14. The lowest BCUT2D eigenvalue weighted by atomic mass is 10.0. The van der Waals surface area contributed by atoms with Crippen molar-refractivity contribution in [3.05, 3.63) is 84.1 Å². The summed E-state index contributed by atoms with van der Waals surface area (Å²) in [5, 5.41) is 0. The van der Waals surface area contributed by atoms with Gasteiger partial charge in [0.25, 0.3) is 5.91 Å². The van der Waals surface area contributed by atoms with E-state index in [1.54, 1.807) is 6.20 Å². The fraction of sp³-hybridized carbons (Fsp3) is 0.217. The van der Waals surface area contributed by atoms with Crippen LogP contribution in [0.3, 0.4) is 0 Å². The second kappa shape index (κ2) is 7.62. The maximum Gasteiger partial charge on any atom is 0.253 e. The standard InChI is InChI=1S/C23H22N2O2/c1-17-7-12-22(24-15-17)27-21-13-14-25(16-21)23(26)20-10-8-19(9-11-20)18-5-3-2-4-6-18/h2-12,15,21H,13-14,16H2,1H3. The Balaban J connectivity index is 1.39. The molecular formula is C23H22N2O2. The Kier molecular flexibility index (Phi) is 4.88. The highest BCUT2D eigenvalue weighted by Gasteiger charge is 2.28. The molecule has 4 nitrogen and oxygen atoms in total. The molecule has 0 N–H and O–H groups in total. The number of aromatic nitrogens is 1. The zero-order valence-corrected chi connectivity index (χ0v) is 15.3. The van der Waals surface area contributed by atoms with Crippen molar-refractivity contribution in [3.8, 4) is 17.0 Å². The van der Waals surface area contributed by atoms with Crippen LogP contribution >= 0.6 is 0 Å². The third kappa shape index (κ3) is 4.00. The topological polar surface area (TPSA) is 42.4 Å². The van der Waals surface area contributed by atoms with Crippen LogP contribution in [0.5, 0.6) is 5.88 Å². The van der Waals surface area contributed by atoms with E-state index < -0.39 is 0 Å². The number of ether oxygens (including phenoxy) is 1. The number of likely N-dealkylation sites (tertiary alicyclic amines) is 1. The summed E-state index contributed by atoms with van der Waals surface area (Å²) in [6, 6.07) is 21.8. The van der Waals surface area contributed by atoms with E-state index in [0.717, 1.165) is 23.1 Å². The first-order valence-electron chi connectivity index (χ1n) is 9.23. The van der Waals surface area contributed by atoms with Crippen molar-refractivity contribution in [3.63, 3.8) is 0 Å². The summed E-state index contributed by atoms with van der Waals surface area (Å²) in [6.45, 7) is 3.29. The van der Waals surface area contributed by atoms with E-state index in [1.807, 2.05) is 66.4 Å². The van der Waals surface area contributed by atoms with Gasteiger partial charge >= 0.3 is 0 Å². The number of amides is 1. The molecule has 0 bridgehead atoms. The molecule has 1 saturated heterocycles. The number of hydrogen-bond donors (Lipinski definition) is 0. The first-order chi connectivity index (χ1) is 13.2. The average molecular weight is 358 g/mol. The van der Waals surface area contributed by atoms with Gasteiger partial charge in [0.2, 0.25) is 5.88 Å². The normalized spacial score (nSPS) is 16.3. The SMILES string of the molecule is Cc1ccc(OC2CCN(C(=O)c3ccc(-c4ccccc4)cc3)C2)nc1. The van der Waals surface area contributed by atoms with Gasteiger partial charge in [-0.15, -0.1) is 0 Å². The van der Waals surface area contributed by atoms with Crippen LogP contribution < -0.4 is 4.74 Å². The van der Waals surface area contributed by atoms with Crippen LogP contribution in [0.15, 0.2) is 72.9 Å². The van der Waals surface area contributed by atoms with Crippen molar-refractivity contribution in [2.24, 2.45) is 0 Å². The lowest BCUT2D eigenvalue weighted by molar-refractivity contribution is 0.0771. The molecule has 0 radical (unpaired) electrons. The van der Waals surface area contributed by atoms with Crippen molar-refractivity contribution in [1.29, 1.82) is 0 Å². The van der Waals surface area contributed by atoms with Gasteiger partial charge in [-0.3, -0.25) is 4.79 Å². The molecule has 136 valence electrons. The Morgan fingerprint density at radius 1 is 1.00 bits per heavy atom. The van der Waals surface area contributed by atoms with E-state index in [9.17, 15) is 4.79 Å². The second-order valence-corrected chi connectivity index (χ2v) is 6.90. The van der Waals surface area contributed by atoms with E-state index in [0.29, 0.717) is 24.5 Å². The number of rotatable bonds is 4. The van der Waals surface area contributed by atoms with Gasteiger partial charge in [-0.25, -0.2) is 4.98 Å². The maximum absolute atomic E-state index is 12.8. The molecule has 0 aliphatic carbocycles. The highest BCUT2D eigenvalue weighted by atomic mass is 16.5. The minimum atomic E-state index is -0.00671. The molecule has 1 aliphatic rings. The van der Waals surface area contributed by atoms with Crippen LogP contribution in [0.1, 0.15) is 22.3 Å². The van der Waals surface area contributed by atoms with Gasteiger partial charge in [-0.2, -0.15) is 0 Å². The fourth-order valence-corrected chi connectivity index (χ4v) is 3.32. The maximum atomic E-state index is 12.8. The molecule has 1 unspecified atom stereocenters. The number of benzene rings is 2. The summed E-state index contributed by atoms with van der Waals surface area (Å²) in [6.07, 6.45) is 2.61. The van der Waals surface area contributed by atoms with Gasteiger partial charge in [-0.1, -0.05) is 48.5 Å². The molecule has 1 aromatic heterocycles. The van der Waals surface area contributed by atoms with Crippen LogP contribution in [0, 0.1) is 6.92 Å². The summed E-state index contributed by atoms with van der Waals surface area (Å²) in [5.41, 5.74) is 4.07. The Morgan fingerprint density at radius 2 is 1.74 bits per heavy atom. The van der Waals surface area contributed by atoms with E-state index >= 15 is 0 Å². The Morgan fingerprint density at radius 3 is 2.44 bits per heavy atom. The number of hydrogen-bond acceptors (Lipinski definition) is 3. The van der Waals surface area contributed by atoms with Gasteiger partial charge in [0.05, 0.1) is 6.54 Å². The fourth-order valence-electron chi connectivity index (χ4n) is 3.32. The Bertz CT molecular complexity index is 905. The summed E-state index contributed by atoms with van der Waals surface area (Å²) in [5.74, 6) is 0.671. The lowest BCUT2D eigenvalue weighted by Crippen LogP contribution is -2.31. The van der Waals surface area contributed by atoms with E-state index in [4.69, 9.17) is 4.74 Å². The van der Waals surface area contributed by atoms with Gasteiger partial charge < -0.3 is 9.64 Å². The van der Waals surface area contributed by atoms with E-state index in [2.05, 4.69) is 17.1 Å². The van der Waals surface area contributed by atoms with Crippen LogP contribution in [-0.2, 0) is 0 Å². The predicted octanol–water partition coefficient (Wildman–Crippen LogP) is 4.35. The molecule has 2 heterocycles. The van der Waals surface area contributed by atoms with Crippen molar-refractivity contribution >= 4 is 5.91 Å². The summed E-state index contributed by atoms with van der Waals surface area (Å²) in [4.78, 5) is 18.9. The molecule has 2 aromatic carbocycles. The van der Waals surface area contributed by atoms with Gasteiger partial charge in [-0.05, 0) is 35.7 Å². The van der Waals surface area contributed by atoms with E-state index in [1.165, 1.54) is 0 Å². The monoisotopic (exact) mass is 358 g/mol. The van der Waals surface area contributed by atoms with E-state index in [-0.39, 0.29) is 12.0 Å². The first kappa shape index (κ1) is 17.3. The molecule has 1 fully saturated rings. The number of carbonyl (C=O) groups is 1. The molecular weight excluding hydrogens is 336 g/mol. The van der Waals surface area contributed by atoms with Crippen LogP contribution in [0.25, 0.3) is 11.1 Å². The van der Waals surface area contributed by atoms with Crippen molar-refractivity contribution in [2.75, 3.05) is 13.1 Å². The molecule has 1 atom stereocenters. The molecule has 4 heteroatoms. The zero-order valence-electron chi connectivity index (χ0n) is 15.3. The van der Waals surface area contributed by atoms with Gasteiger partial charge in [0.1, 0.15) is 6.10 Å². The highest BCUT2D eigenvalue weighted by molar-refractivity contribution is 5.95. The smallest absolute Gasteiger partial charge is 0.253 e. The lowest BCUT2D eigenvalue weighted by Gasteiger charge is -2.17. The van der Waals surface area contributed by atoms with Crippen LogP contribution in [-0.4, -0.2) is 35.0 Å². The number of aryl methyl sites for hydroxylation is 1. The number of carbonyl (C=O) groups excluding carboxylic acids is 1. The summed E-state index contributed by atoms with van der Waals surface area (Å²) < 4.78 is 5.92. The molecule has 1 aliphatic heterocycles. The third-order valence-corrected chi connectivity index (χ3v) is 4.84. The van der Waals surface area contributed by atoms with Crippen LogP contribution in [0.4, 0.5) is 0 Å². The minimum absolute atomic E-state index is 0.00671. The van der Waals surface area contributed by atoms with Gasteiger partial charge in [0, 0.05) is 30.8 Å². The van der Waals surface area contributed by atoms with Crippen molar-refractivity contribution < 1.29 is 9.53 Å². The number of nitrogens with zero attached hydrogens (tertiary/aromatic N) is 2. The van der Waals surface area contributed by atoms with Crippen molar-refractivity contribution in [2.45, 2.75) is 19.4 Å². The average Bonchev–Trinajstić information content (AvgIpc) is 3.18. The largest absolute Gasteiger partial charge is 0.472 e. The summed E-state index contributed by atoms with van der Waals surface area (Å²) in [7, 11) is 0. The molecule has 4 rings (SSSR count). The molecule has 1 amide bonds. The zero-order chi connectivity index (χ0) is 18.6. The minimum Gasteiger partial charge on any atom is -0.472 e. The first-order valence-corrected chi connectivity index (χ1v) is 9.23. The highest BCUT2D eigenvalue weighted by Crippen LogP contribution is 2.22. The Labute approximate surface area is 159 Å². The predicted molar refractivity (Wildman–Crippen MR) is 106 cm³/mol. The molecule has 0 spiro atoms. The van der Waals surface area contributed by atoms with Crippen molar-refractivity contribution in [1.82, 2.24) is 9.88 Å². The van der Waals surface area contributed by atoms with Crippen LogP contribution in [0.2, 0.25) is 0 Å². The summed E-state index contributed by atoms with van der Waals surface area (Å²) >= 11 is 0.